The molecule has 9 heteroatoms. The number of halogens is 2. The van der Waals surface area contributed by atoms with E-state index in [1.807, 2.05) is 12.1 Å². The van der Waals surface area contributed by atoms with Gasteiger partial charge in [0, 0.05) is 15.0 Å². The zero-order valence-corrected chi connectivity index (χ0v) is 18.7. The topological polar surface area (TPSA) is 89.0 Å². The van der Waals surface area contributed by atoms with Gasteiger partial charge in [0.2, 0.25) is 0 Å². The van der Waals surface area contributed by atoms with Crippen LogP contribution in [0.4, 0.5) is 11.4 Å². The summed E-state index contributed by atoms with van der Waals surface area (Å²) in [5.41, 5.74) is 1.87. The van der Waals surface area contributed by atoms with Crippen molar-refractivity contribution < 1.29 is 14.1 Å². The molecule has 2 heterocycles. The molecule has 30 heavy (non-hydrogen) atoms. The molecule has 0 N–H and O–H groups in total. The van der Waals surface area contributed by atoms with Crippen molar-refractivity contribution in [3.63, 3.8) is 0 Å². The van der Waals surface area contributed by atoms with Crippen molar-refractivity contribution in [3.8, 4) is 11.3 Å². The molecule has 0 radical (unpaired) electrons. The Hall–Kier alpha value is -3.04. The number of carbonyl (C=O) groups excluding carboxylic acids is 1. The van der Waals surface area contributed by atoms with Gasteiger partial charge in [-0.05, 0) is 61.5 Å². The Morgan fingerprint density at radius 3 is 2.47 bits per heavy atom. The standard InChI is InChI=1S/C21H13Br2N3O4/c1-12-18(21(27)25(24-12)15-5-2-13(22)3-6-15)11-16-7-9-20(30-16)17-8-4-14(23)10-19(17)26(28)29/h2-11H,1H3/b18-11+. The second-order valence-electron chi connectivity index (χ2n) is 6.46. The predicted octanol–water partition coefficient (Wildman–Crippen LogP) is 6.19. The van der Waals surface area contributed by atoms with Gasteiger partial charge >= 0.3 is 0 Å². The number of nitrogens with zero attached hydrogens (tertiary/aromatic N) is 3. The quantitative estimate of drug-likeness (QED) is 0.228. The third-order valence-corrected chi connectivity index (χ3v) is 5.49. The SMILES string of the molecule is CC1=NN(c2ccc(Br)cc2)C(=O)/C1=C/c1ccc(-c2ccc(Br)cc2[N+](=O)[O-])o1. The van der Waals surface area contributed by atoms with Crippen LogP contribution in [-0.4, -0.2) is 16.5 Å². The Morgan fingerprint density at radius 2 is 1.77 bits per heavy atom. The molecular formula is C21H13Br2N3O4. The van der Waals surface area contributed by atoms with Crippen molar-refractivity contribution in [2.45, 2.75) is 6.92 Å². The molecule has 1 amide bonds. The van der Waals surface area contributed by atoms with Crippen molar-refractivity contribution in [2.24, 2.45) is 5.10 Å². The summed E-state index contributed by atoms with van der Waals surface area (Å²) in [6.45, 7) is 1.74. The second kappa shape index (κ2) is 8.00. The minimum absolute atomic E-state index is 0.0750. The molecule has 0 saturated carbocycles. The van der Waals surface area contributed by atoms with Crippen LogP contribution < -0.4 is 5.01 Å². The number of hydrogen-bond donors (Lipinski definition) is 0. The van der Waals surface area contributed by atoms with Gasteiger partial charge in [-0.25, -0.2) is 0 Å². The Balaban J connectivity index is 1.65. The lowest BCUT2D eigenvalue weighted by Gasteiger charge is -2.11. The fraction of sp³-hybridized carbons (Fsp3) is 0.0476. The van der Waals surface area contributed by atoms with E-state index in [-0.39, 0.29) is 11.6 Å². The highest BCUT2D eigenvalue weighted by Gasteiger charge is 2.29. The number of amides is 1. The molecule has 3 aromatic rings. The highest BCUT2D eigenvalue weighted by Crippen LogP contribution is 2.34. The molecule has 1 aromatic heterocycles. The molecule has 150 valence electrons. The summed E-state index contributed by atoms with van der Waals surface area (Å²) in [6.07, 6.45) is 1.59. The molecule has 7 nitrogen and oxygen atoms in total. The van der Waals surface area contributed by atoms with Crippen LogP contribution in [0.5, 0.6) is 0 Å². The van der Waals surface area contributed by atoms with E-state index in [1.54, 1.807) is 49.4 Å². The van der Waals surface area contributed by atoms with E-state index in [4.69, 9.17) is 4.42 Å². The molecule has 0 unspecified atom stereocenters. The average molecular weight is 531 g/mol. The van der Waals surface area contributed by atoms with Gasteiger partial charge in [0.05, 0.1) is 27.5 Å². The van der Waals surface area contributed by atoms with Crippen LogP contribution in [0.15, 0.2) is 78.6 Å². The zero-order chi connectivity index (χ0) is 21.4. The van der Waals surface area contributed by atoms with E-state index in [2.05, 4.69) is 37.0 Å². The highest BCUT2D eigenvalue weighted by molar-refractivity contribution is 9.10. The summed E-state index contributed by atoms with van der Waals surface area (Å²) in [7, 11) is 0. The van der Waals surface area contributed by atoms with E-state index in [0.29, 0.717) is 38.5 Å². The number of rotatable bonds is 4. The van der Waals surface area contributed by atoms with E-state index < -0.39 is 4.92 Å². The number of hydrogen-bond acceptors (Lipinski definition) is 5. The molecule has 1 aliphatic heterocycles. The lowest BCUT2D eigenvalue weighted by molar-refractivity contribution is -0.384. The van der Waals surface area contributed by atoms with Gasteiger partial charge in [-0.2, -0.15) is 10.1 Å². The normalized spacial score (nSPS) is 15.0. The summed E-state index contributed by atoms with van der Waals surface area (Å²) < 4.78 is 7.29. The molecule has 0 atom stereocenters. The maximum Gasteiger partial charge on any atom is 0.281 e. The van der Waals surface area contributed by atoms with E-state index >= 15 is 0 Å². The van der Waals surface area contributed by atoms with Crippen LogP contribution >= 0.6 is 31.9 Å². The lowest BCUT2D eigenvalue weighted by atomic mass is 10.1. The maximum atomic E-state index is 12.9. The highest BCUT2D eigenvalue weighted by atomic mass is 79.9. The fourth-order valence-electron chi connectivity index (χ4n) is 3.02. The van der Waals surface area contributed by atoms with E-state index in [9.17, 15) is 14.9 Å². The second-order valence-corrected chi connectivity index (χ2v) is 8.29. The van der Waals surface area contributed by atoms with Crippen LogP contribution in [0.3, 0.4) is 0 Å². The maximum absolute atomic E-state index is 12.9. The van der Waals surface area contributed by atoms with Crippen LogP contribution in [-0.2, 0) is 4.79 Å². The number of hydrazone groups is 1. The molecule has 2 aromatic carbocycles. The summed E-state index contributed by atoms with van der Waals surface area (Å²) in [5, 5.41) is 17.0. The van der Waals surface area contributed by atoms with Gasteiger partial charge in [-0.3, -0.25) is 14.9 Å². The van der Waals surface area contributed by atoms with Crippen LogP contribution in [0, 0.1) is 10.1 Å². The van der Waals surface area contributed by atoms with E-state index in [0.717, 1.165) is 4.47 Å². The molecule has 4 rings (SSSR count). The summed E-state index contributed by atoms with van der Waals surface area (Å²) in [6, 6.07) is 15.3. The van der Waals surface area contributed by atoms with Crippen LogP contribution in [0.2, 0.25) is 0 Å². The van der Waals surface area contributed by atoms with Gasteiger partial charge in [-0.15, -0.1) is 0 Å². The number of nitro benzene ring substituents is 1. The minimum atomic E-state index is -0.464. The Labute approximate surface area is 188 Å². The number of benzene rings is 2. The van der Waals surface area contributed by atoms with Crippen molar-refractivity contribution in [3.05, 3.63) is 85.0 Å². The molecule has 0 spiro atoms. The number of carbonyl (C=O) groups is 1. The first-order valence-electron chi connectivity index (χ1n) is 8.75. The third kappa shape index (κ3) is 3.86. The number of furan rings is 1. The molecular weight excluding hydrogens is 518 g/mol. The molecule has 0 fully saturated rings. The first-order chi connectivity index (χ1) is 14.3. The summed E-state index contributed by atoms with van der Waals surface area (Å²) in [4.78, 5) is 23.8. The molecule has 0 bridgehead atoms. The van der Waals surface area contributed by atoms with Gasteiger partial charge in [0.25, 0.3) is 11.6 Å². The predicted molar refractivity (Wildman–Crippen MR) is 121 cm³/mol. The van der Waals surface area contributed by atoms with Crippen LogP contribution in [0.1, 0.15) is 12.7 Å². The van der Waals surface area contributed by atoms with Crippen molar-refractivity contribution in [1.29, 1.82) is 0 Å². The van der Waals surface area contributed by atoms with E-state index in [1.165, 1.54) is 11.1 Å². The smallest absolute Gasteiger partial charge is 0.281 e. The Bertz CT molecular complexity index is 1230. The molecule has 1 aliphatic rings. The average Bonchev–Trinajstić information content (AvgIpc) is 3.29. The Kier molecular flexibility index (Phi) is 5.40. The van der Waals surface area contributed by atoms with Gasteiger partial charge < -0.3 is 4.42 Å². The number of anilines is 1. The molecule has 0 saturated heterocycles. The van der Waals surface area contributed by atoms with Crippen molar-refractivity contribution >= 4 is 60.9 Å². The van der Waals surface area contributed by atoms with Crippen LogP contribution in [0.25, 0.3) is 17.4 Å². The summed E-state index contributed by atoms with van der Waals surface area (Å²) >= 11 is 6.61. The first kappa shape index (κ1) is 20.2. The third-order valence-electron chi connectivity index (χ3n) is 4.47. The largest absolute Gasteiger partial charge is 0.456 e. The number of nitro groups is 1. The zero-order valence-electron chi connectivity index (χ0n) is 15.5. The lowest BCUT2D eigenvalue weighted by Crippen LogP contribution is -2.21. The van der Waals surface area contributed by atoms with Gasteiger partial charge in [-0.1, -0.05) is 31.9 Å². The van der Waals surface area contributed by atoms with Crippen molar-refractivity contribution in [1.82, 2.24) is 0 Å². The molecule has 0 aliphatic carbocycles. The minimum Gasteiger partial charge on any atom is -0.456 e. The van der Waals surface area contributed by atoms with Crippen molar-refractivity contribution in [2.75, 3.05) is 5.01 Å². The summed E-state index contributed by atoms with van der Waals surface area (Å²) in [5.74, 6) is 0.464. The van der Waals surface area contributed by atoms with Gasteiger partial charge in [0.1, 0.15) is 11.5 Å². The Morgan fingerprint density at radius 1 is 1.07 bits per heavy atom. The first-order valence-corrected chi connectivity index (χ1v) is 10.3. The van der Waals surface area contributed by atoms with Gasteiger partial charge in [0.15, 0.2) is 0 Å². The fourth-order valence-corrected chi connectivity index (χ4v) is 3.64. The monoisotopic (exact) mass is 529 g/mol.